The molecule has 3 heteroatoms. The number of benzene rings is 2. The Bertz CT molecular complexity index is 639. The molecule has 3 nitrogen and oxygen atoms in total. The molecule has 0 spiro atoms. The number of hydrogen-bond donors (Lipinski definition) is 1. The van der Waals surface area contributed by atoms with Crippen LogP contribution in [0.2, 0.25) is 0 Å². The fourth-order valence-electron chi connectivity index (χ4n) is 3.38. The van der Waals surface area contributed by atoms with Crippen LogP contribution in [0.25, 0.3) is 0 Å². The van der Waals surface area contributed by atoms with E-state index in [1.54, 1.807) is 0 Å². The summed E-state index contributed by atoms with van der Waals surface area (Å²) in [4.78, 5) is 7.15. The summed E-state index contributed by atoms with van der Waals surface area (Å²) in [6, 6.07) is 20.9. The van der Waals surface area contributed by atoms with Gasteiger partial charge in [-0.2, -0.15) is 0 Å². The Morgan fingerprint density at radius 1 is 1.09 bits per heavy atom. The number of aliphatic imine (C=N–C) groups is 1. The zero-order valence-corrected chi connectivity index (χ0v) is 13.6. The van der Waals surface area contributed by atoms with E-state index in [1.165, 1.54) is 5.56 Å². The summed E-state index contributed by atoms with van der Waals surface area (Å²) in [5.74, 6) is 0. The Balaban J connectivity index is 1.88. The predicted octanol–water partition coefficient (Wildman–Crippen LogP) is 3.65. The van der Waals surface area contributed by atoms with Crippen LogP contribution in [0, 0.1) is 0 Å². The Morgan fingerprint density at radius 3 is 2.35 bits per heavy atom. The number of aliphatic hydroxyl groups is 1. The van der Waals surface area contributed by atoms with Crippen LogP contribution in [0.1, 0.15) is 36.9 Å². The maximum absolute atomic E-state index is 9.99. The van der Waals surface area contributed by atoms with E-state index < -0.39 is 0 Å². The number of hydrogen-bond acceptors (Lipinski definition) is 3. The van der Waals surface area contributed by atoms with Crippen molar-refractivity contribution in [3.8, 4) is 0 Å². The van der Waals surface area contributed by atoms with Gasteiger partial charge in [0.05, 0.1) is 31.1 Å². The second kappa shape index (κ2) is 7.53. The Labute approximate surface area is 138 Å². The monoisotopic (exact) mass is 308 g/mol. The van der Waals surface area contributed by atoms with Gasteiger partial charge in [-0.1, -0.05) is 74.0 Å². The van der Waals surface area contributed by atoms with Crippen molar-refractivity contribution in [3.63, 3.8) is 0 Å². The van der Waals surface area contributed by atoms with Gasteiger partial charge in [-0.15, -0.1) is 0 Å². The third kappa shape index (κ3) is 3.36. The smallest absolute Gasteiger partial charge is 0.0925 e. The lowest BCUT2D eigenvalue weighted by molar-refractivity contribution is 0.116. The summed E-state index contributed by atoms with van der Waals surface area (Å²) in [7, 11) is 0. The molecule has 120 valence electrons. The molecule has 0 unspecified atom stereocenters. The molecule has 0 aliphatic carbocycles. The number of aliphatic hydroxyl groups excluding tert-OH is 1. The van der Waals surface area contributed by atoms with Gasteiger partial charge >= 0.3 is 0 Å². The van der Waals surface area contributed by atoms with Gasteiger partial charge < -0.3 is 5.11 Å². The first-order valence-electron chi connectivity index (χ1n) is 8.36. The maximum atomic E-state index is 9.99. The summed E-state index contributed by atoms with van der Waals surface area (Å²) in [6.07, 6.45) is 2.15. The van der Waals surface area contributed by atoms with Crippen molar-refractivity contribution in [2.24, 2.45) is 4.99 Å². The van der Waals surface area contributed by atoms with Gasteiger partial charge in [0.25, 0.3) is 0 Å². The van der Waals surface area contributed by atoms with E-state index in [4.69, 9.17) is 4.99 Å². The Hall–Kier alpha value is -1.97. The summed E-state index contributed by atoms with van der Waals surface area (Å²) in [5, 5.41) is 9.99. The third-order valence-electron chi connectivity index (χ3n) is 4.51. The van der Waals surface area contributed by atoms with E-state index in [0.29, 0.717) is 6.67 Å². The van der Waals surface area contributed by atoms with Gasteiger partial charge in [-0.3, -0.25) is 9.89 Å². The van der Waals surface area contributed by atoms with Crippen LogP contribution in [0.5, 0.6) is 0 Å². The van der Waals surface area contributed by atoms with Crippen molar-refractivity contribution < 1.29 is 5.11 Å². The number of rotatable bonds is 6. The van der Waals surface area contributed by atoms with Crippen LogP contribution in [-0.4, -0.2) is 35.0 Å². The average Bonchev–Trinajstić information content (AvgIpc) is 3.01. The van der Waals surface area contributed by atoms with Crippen LogP contribution >= 0.6 is 0 Å². The van der Waals surface area contributed by atoms with Crippen LogP contribution < -0.4 is 0 Å². The zero-order valence-electron chi connectivity index (χ0n) is 13.6. The van der Waals surface area contributed by atoms with Crippen LogP contribution in [0.15, 0.2) is 65.7 Å². The maximum Gasteiger partial charge on any atom is 0.0925 e. The van der Waals surface area contributed by atoms with Crippen molar-refractivity contribution in [1.82, 2.24) is 4.90 Å². The quantitative estimate of drug-likeness (QED) is 0.884. The van der Waals surface area contributed by atoms with Crippen molar-refractivity contribution in [3.05, 3.63) is 71.8 Å². The molecular weight excluding hydrogens is 284 g/mol. The normalized spacial score (nSPS) is 19.6. The second-order valence-corrected chi connectivity index (χ2v) is 5.98. The molecule has 0 saturated heterocycles. The van der Waals surface area contributed by atoms with Gasteiger partial charge in [0.15, 0.2) is 0 Å². The van der Waals surface area contributed by atoms with Crippen LogP contribution in [0.3, 0.4) is 0 Å². The van der Waals surface area contributed by atoms with E-state index in [1.807, 2.05) is 24.3 Å². The largest absolute Gasteiger partial charge is 0.394 e. The fraction of sp³-hybridized carbons (Fsp3) is 0.350. The molecule has 0 saturated carbocycles. The molecule has 1 aliphatic heterocycles. The van der Waals surface area contributed by atoms with E-state index in [9.17, 15) is 5.11 Å². The van der Waals surface area contributed by atoms with E-state index >= 15 is 0 Å². The lowest BCUT2D eigenvalue weighted by Gasteiger charge is -2.32. The van der Waals surface area contributed by atoms with Crippen molar-refractivity contribution in [2.75, 3.05) is 13.3 Å². The molecule has 2 atom stereocenters. The first-order chi connectivity index (χ1) is 11.3. The summed E-state index contributed by atoms with van der Waals surface area (Å²) in [5.41, 5.74) is 3.50. The lowest BCUT2D eigenvalue weighted by Crippen LogP contribution is -2.40. The van der Waals surface area contributed by atoms with E-state index in [0.717, 1.165) is 24.1 Å². The molecule has 23 heavy (non-hydrogen) atoms. The van der Waals surface area contributed by atoms with Crippen molar-refractivity contribution in [1.29, 1.82) is 0 Å². The molecule has 1 aliphatic rings. The molecule has 0 fully saturated rings. The van der Waals surface area contributed by atoms with Gasteiger partial charge in [-0.25, -0.2) is 0 Å². The Morgan fingerprint density at radius 2 is 1.74 bits per heavy atom. The average molecular weight is 308 g/mol. The topological polar surface area (TPSA) is 35.8 Å². The predicted molar refractivity (Wildman–Crippen MR) is 94.6 cm³/mol. The minimum Gasteiger partial charge on any atom is -0.394 e. The zero-order chi connectivity index (χ0) is 16.1. The molecule has 0 bridgehead atoms. The Kier molecular flexibility index (Phi) is 5.21. The highest BCUT2D eigenvalue weighted by Gasteiger charge is 2.34. The highest BCUT2D eigenvalue weighted by Crippen LogP contribution is 2.30. The fourth-order valence-corrected chi connectivity index (χ4v) is 3.38. The van der Waals surface area contributed by atoms with E-state index in [-0.39, 0.29) is 18.7 Å². The standard InChI is InChI=1S/C20H24N2O/c1-2-9-18-20(17-12-7-4-8-13-17)21-15-22(18)19(14-23)16-10-5-3-6-11-16/h3-8,10-13,18-19,23H,2,9,14-15H2,1H3/t18-,19-/m0/s1. The SMILES string of the molecule is CCC[C@H]1C(c2ccccc2)=NCN1[C@@H](CO)c1ccccc1. The van der Waals surface area contributed by atoms with Gasteiger partial charge in [-0.05, 0) is 17.5 Å². The summed E-state index contributed by atoms with van der Waals surface area (Å²) in [6.45, 7) is 2.96. The van der Waals surface area contributed by atoms with E-state index in [2.05, 4.69) is 48.2 Å². The molecule has 0 amide bonds. The van der Waals surface area contributed by atoms with Crippen molar-refractivity contribution in [2.45, 2.75) is 31.8 Å². The van der Waals surface area contributed by atoms with Gasteiger partial charge in [0, 0.05) is 0 Å². The lowest BCUT2D eigenvalue weighted by atomic mass is 9.96. The minimum absolute atomic E-state index is 0.00212. The summed E-state index contributed by atoms with van der Waals surface area (Å²) < 4.78 is 0. The van der Waals surface area contributed by atoms with Crippen LogP contribution in [-0.2, 0) is 0 Å². The highest BCUT2D eigenvalue weighted by atomic mass is 16.3. The molecule has 0 radical (unpaired) electrons. The highest BCUT2D eigenvalue weighted by molar-refractivity contribution is 6.05. The molecule has 2 aromatic carbocycles. The number of nitrogens with zero attached hydrogens (tertiary/aromatic N) is 2. The molecular formula is C20H24N2O. The molecule has 3 rings (SSSR count). The minimum atomic E-state index is -0.00212. The molecule has 2 aromatic rings. The van der Waals surface area contributed by atoms with Crippen molar-refractivity contribution >= 4 is 5.71 Å². The molecule has 0 aromatic heterocycles. The summed E-state index contributed by atoms with van der Waals surface area (Å²) >= 11 is 0. The van der Waals surface area contributed by atoms with Gasteiger partial charge in [0.2, 0.25) is 0 Å². The first kappa shape index (κ1) is 15.9. The third-order valence-corrected chi connectivity index (χ3v) is 4.51. The van der Waals surface area contributed by atoms with Crippen LogP contribution in [0.4, 0.5) is 0 Å². The second-order valence-electron chi connectivity index (χ2n) is 5.98. The first-order valence-corrected chi connectivity index (χ1v) is 8.36. The van der Waals surface area contributed by atoms with Gasteiger partial charge in [0.1, 0.15) is 0 Å². The molecule has 1 N–H and O–H groups in total. The molecule has 1 heterocycles.